The van der Waals surface area contributed by atoms with Crippen LogP contribution in [0.1, 0.15) is 29.5 Å². The van der Waals surface area contributed by atoms with Gasteiger partial charge in [-0.25, -0.2) is 8.78 Å². The molecule has 0 spiro atoms. The summed E-state index contributed by atoms with van der Waals surface area (Å²) in [6.07, 6.45) is 0. The summed E-state index contributed by atoms with van der Waals surface area (Å²) >= 11 is 18.4. The largest absolute Gasteiger partial charge is 0.294 e. The highest BCUT2D eigenvalue weighted by molar-refractivity contribution is 6.31. The van der Waals surface area contributed by atoms with Gasteiger partial charge in [-0.2, -0.15) is 5.26 Å². The number of nitrogens with zero attached hydrogens (tertiary/aromatic N) is 2. The standard InChI is InChI=1S/C25H19Cl3F2N2/c1-15-25(14-31,19-10-9-17(26)11-23(19)29)20(18-6-4-8-22(28)24(18)30)13-32(15)12-16-5-2-3-7-21(16)27/h2-11,15,20H,12-13H2,1H3/t15?,20?,25-/m1/s1. The van der Waals surface area contributed by atoms with Crippen LogP contribution in [-0.2, 0) is 12.0 Å². The van der Waals surface area contributed by atoms with E-state index in [4.69, 9.17) is 34.8 Å². The van der Waals surface area contributed by atoms with Crippen LogP contribution in [0.4, 0.5) is 8.78 Å². The van der Waals surface area contributed by atoms with Gasteiger partial charge in [-0.15, -0.1) is 0 Å². The van der Waals surface area contributed by atoms with Crippen molar-refractivity contribution in [2.75, 3.05) is 6.54 Å². The number of nitriles is 1. The minimum absolute atomic E-state index is 0.0388. The average Bonchev–Trinajstić information content (AvgIpc) is 3.04. The van der Waals surface area contributed by atoms with Crippen molar-refractivity contribution in [3.63, 3.8) is 0 Å². The second-order valence-electron chi connectivity index (χ2n) is 8.00. The third-order valence-electron chi connectivity index (χ3n) is 6.42. The van der Waals surface area contributed by atoms with Gasteiger partial charge in [0.1, 0.15) is 17.0 Å². The van der Waals surface area contributed by atoms with Crippen LogP contribution in [0, 0.1) is 23.0 Å². The fourth-order valence-corrected chi connectivity index (χ4v) is 5.30. The first-order valence-corrected chi connectivity index (χ1v) is 11.2. The second-order valence-corrected chi connectivity index (χ2v) is 9.25. The molecule has 0 bridgehead atoms. The van der Waals surface area contributed by atoms with Gasteiger partial charge in [0.2, 0.25) is 0 Å². The maximum absolute atomic E-state index is 15.2. The molecule has 2 nitrogen and oxygen atoms in total. The third-order valence-corrected chi connectivity index (χ3v) is 7.32. The van der Waals surface area contributed by atoms with Crippen LogP contribution in [0.15, 0.2) is 60.7 Å². The SMILES string of the molecule is CC1N(Cc2ccccc2Cl)CC(c2cccc(Cl)c2F)[C@@]1(C#N)c1ccc(Cl)cc1F. The summed E-state index contributed by atoms with van der Waals surface area (Å²) in [4.78, 5) is 2.03. The Morgan fingerprint density at radius 1 is 1.03 bits per heavy atom. The van der Waals surface area contributed by atoms with Gasteiger partial charge in [0.05, 0.1) is 11.1 Å². The Morgan fingerprint density at radius 2 is 1.75 bits per heavy atom. The van der Waals surface area contributed by atoms with E-state index in [0.29, 0.717) is 18.1 Å². The van der Waals surface area contributed by atoms with Gasteiger partial charge < -0.3 is 0 Å². The summed E-state index contributed by atoms with van der Waals surface area (Å²) in [5.41, 5.74) is -0.0388. The summed E-state index contributed by atoms with van der Waals surface area (Å²) in [7, 11) is 0. The molecule has 1 aliphatic heterocycles. The first-order valence-electron chi connectivity index (χ1n) is 10.1. The fraction of sp³-hybridized carbons (Fsp3) is 0.240. The Labute approximate surface area is 200 Å². The van der Waals surface area contributed by atoms with Crippen LogP contribution in [0.5, 0.6) is 0 Å². The smallest absolute Gasteiger partial charge is 0.145 e. The Kier molecular flexibility index (Phi) is 6.47. The molecule has 2 unspecified atom stereocenters. The summed E-state index contributed by atoms with van der Waals surface area (Å²) in [6.45, 7) is 2.61. The highest BCUT2D eigenvalue weighted by atomic mass is 35.5. The minimum Gasteiger partial charge on any atom is -0.294 e. The summed E-state index contributed by atoms with van der Waals surface area (Å²) in [6, 6.07) is 18.3. The molecule has 1 heterocycles. The second kappa shape index (κ2) is 9.00. The highest BCUT2D eigenvalue weighted by Crippen LogP contribution is 2.51. The van der Waals surface area contributed by atoms with Crippen molar-refractivity contribution in [1.82, 2.24) is 4.90 Å². The molecule has 164 valence electrons. The van der Waals surface area contributed by atoms with Gasteiger partial charge >= 0.3 is 0 Å². The van der Waals surface area contributed by atoms with Crippen LogP contribution >= 0.6 is 34.8 Å². The molecule has 7 heteroatoms. The van der Waals surface area contributed by atoms with E-state index in [0.717, 1.165) is 5.56 Å². The lowest BCUT2D eigenvalue weighted by molar-refractivity contribution is 0.233. The summed E-state index contributed by atoms with van der Waals surface area (Å²) in [5.74, 6) is -1.86. The van der Waals surface area contributed by atoms with Gasteiger partial charge in [0, 0.05) is 40.7 Å². The molecule has 0 aromatic heterocycles. The van der Waals surface area contributed by atoms with E-state index < -0.39 is 29.0 Å². The van der Waals surface area contributed by atoms with Crippen molar-refractivity contribution in [3.8, 4) is 6.07 Å². The molecule has 3 aromatic rings. The van der Waals surface area contributed by atoms with Crippen LogP contribution in [0.25, 0.3) is 0 Å². The highest BCUT2D eigenvalue weighted by Gasteiger charge is 2.56. The number of halogens is 5. The van der Waals surface area contributed by atoms with Gasteiger partial charge in [0.15, 0.2) is 0 Å². The van der Waals surface area contributed by atoms with Crippen molar-refractivity contribution in [2.24, 2.45) is 0 Å². The first kappa shape index (κ1) is 23.0. The van der Waals surface area contributed by atoms with Crippen molar-refractivity contribution in [3.05, 3.63) is 104 Å². The van der Waals surface area contributed by atoms with E-state index >= 15 is 8.78 Å². The predicted octanol–water partition coefficient (Wildman–Crippen LogP) is 7.37. The summed E-state index contributed by atoms with van der Waals surface area (Å²) < 4.78 is 30.4. The molecule has 0 N–H and O–H groups in total. The monoisotopic (exact) mass is 490 g/mol. The maximum atomic E-state index is 15.2. The molecule has 1 saturated heterocycles. The van der Waals surface area contributed by atoms with Gasteiger partial charge in [0.25, 0.3) is 0 Å². The molecule has 3 aromatic carbocycles. The van der Waals surface area contributed by atoms with Crippen molar-refractivity contribution >= 4 is 34.8 Å². The molecule has 32 heavy (non-hydrogen) atoms. The topological polar surface area (TPSA) is 27.0 Å². The quantitative estimate of drug-likeness (QED) is 0.381. The van der Waals surface area contributed by atoms with Crippen molar-refractivity contribution < 1.29 is 8.78 Å². The molecule has 0 amide bonds. The van der Waals surface area contributed by atoms with E-state index in [1.807, 2.05) is 30.0 Å². The fourth-order valence-electron chi connectivity index (χ4n) is 4.77. The first-order chi connectivity index (χ1) is 15.3. The van der Waals surface area contributed by atoms with E-state index in [1.165, 1.54) is 18.2 Å². The predicted molar refractivity (Wildman–Crippen MR) is 124 cm³/mol. The number of hydrogen-bond acceptors (Lipinski definition) is 2. The Hall–Kier alpha value is -2.16. The molecule has 1 aliphatic rings. The van der Waals surface area contributed by atoms with Crippen LogP contribution < -0.4 is 0 Å². The van der Waals surface area contributed by atoms with E-state index in [2.05, 4.69) is 6.07 Å². The number of hydrogen-bond donors (Lipinski definition) is 0. The van der Waals surface area contributed by atoms with Crippen LogP contribution in [0.2, 0.25) is 15.1 Å². The zero-order valence-electron chi connectivity index (χ0n) is 17.1. The van der Waals surface area contributed by atoms with Crippen molar-refractivity contribution in [1.29, 1.82) is 5.26 Å². The summed E-state index contributed by atoms with van der Waals surface area (Å²) in [5, 5.41) is 11.3. The molecule has 0 aliphatic carbocycles. The van der Waals surface area contributed by atoms with Crippen molar-refractivity contribution in [2.45, 2.75) is 30.8 Å². The number of benzene rings is 3. The molecule has 3 atom stereocenters. The molecular weight excluding hydrogens is 473 g/mol. The molecule has 0 radical (unpaired) electrons. The number of likely N-dealkylation sites (tertiary alicyclic amines) is 1. The Balaban J connectivity index is 1.89. The van der Waals surface area contributed by atoms with Crippen LogP contribution in [-0.4, -0.2) is 17.5 Å². The zero-order chi connectivity index (χ0) is 23.0. The minimum atomic E-state index is -1.37. The van der Waals surface area contributed by atoms with E-state index in [1.54, 1.807) is 24.3 Å². The third kappa shape index (κ3) is 3.78. The van der Waals surface area contributed by atoms with Gasteiger partial charge in [-0.05, 0) is 42.3 Å². The van der Waals surface area contributed by atoms with E-state index in [-0.39, 0.29) is 21.2 Å². The average molecular weight is 492 g/mol. The molecule has 1 fully saturated rings. The maximum Gasteiger partial charge on any atom is 0.145 e. The Morgan fingerprint density at radius 3 is 2.44 bits per heavy atom. The van der Waals surface area contributed by atoms with Crippen LogP contribution in [0.3, 0.4) is 0 Å². The van der Waals surface area contributed by atoms with Gasteiger partial charge in [-0.1, -0.05) is 71.2 Å². The zero-order valence-corrected chi connectivity index (χ0v) is 19.4. The lowest BCUT2D eigenvalue weighted by atomic mass is 9.67. The molecular formula is C25H19Cl3F2N2. The molecule has 0 saturated carbocycles. The lowest BCUT2D eigenvalue weighted by Gasteiger charge is -2.34. The normalized spacial score (nSPS) is 23.3. The van der Waals surface area contributed by atoms with Gasteiger partial charge in [-0.3, -0.25) is 4.90 Å². The lowest BCUT2D eigenvalue weighted by Crippen LogP contribution is -2.42. The Bertz CT molecular complexity index is 1210. The molecule has 4 rings (SSSR count). The number of rotatable bonds is 4. The van der Waals surface area contributed by atoms with E-state index in [9.17, 15) is 5.26 Å².